The van der Waals surface area contributed by atoms with Gasteiger partial charge in [-0.25, -0.2) is 13.6 Å². The topological polar surface area (TPSA) is 118 Å². The van der Waals surface area contributed by atoms with Crippen LogP contribution in [0.5, 0.6) is 0 Å². The molecule has 1 aliphatic heterocycles. The number of likely N-dealkylation sites (N-methyl/N-ethyl adjacent to an activating group) is 1. The molecule has 1 amide bonds. The van der Waals surface area contributed by atoms with E-state index < -0.39 is 15.9 Å². The van der Waals surface area contributed by atoms with Crippen molar-refractivity contribution in [3.8, 4) is 0 Å². The van der Waals surface area contributed by atoms with E-state index >= 15 is 0 Å². The van der Waals surface area contributed by atoms with Gasteiger partial charge in [0.25, 0.3) is 5.91 Å². The van der Waals surface area contributed by atoms with Gasteiger partial charge in [0.2, 0.25) is 10.0 Å². The smallest absolute Gasteiger partial charge is 0.275 e. The standard InChI is InChI=1S/C11H18N4O4S/c1-6-10(20(12,17)18)9(14-13-6)11(16)15(3)8-4-5-19-7(8)2/h7-8H,4-5H2,1-3H3,(H,13,14)(H2,12,17,18). The van der Waals surface area contributed by atoms with E-state index in [0.717, 1.165) is 0 Å². The Bertz CT molecular complexity index is 624. The van der Waals surface area contributed by atoms with Crippen LogP contribution in [0.3, 0.4) is 0 Å². The summed E-state index contributed by atoms with van der Waals surface area (Å²) in [4.78, 5) is 13.6. The molecule has 3 N–H and O–H groups in total. The number of hydrogen-bond acceptors (Lipinski definition) is 5. The van der Waals surface area contributed by atoms with Crippen molar-refractivity contribution in [2.45, 2.75) is 37.3 Å². The van der Waals surface area contributed by atoms with Gasteiger partial charge in [-0.15, -0.1) is 0 Å². The summed E-state index contributed by atoms with van der Waals surface area (Å²) in [5, 5.41) is 11.4. The Balaban J connectivity index is 2.35. The average molecular weight is 302 g/mol. The molecule has 1 aliphatic rings. The molecule has 1 saturated heterocycles. The molecule has 20 heavy (non-hydrogen) atoms. The van der Waals surface area contributed by atoms with Gasteiger partial charge in [-0.05, 0) is 20.3 Å². The van der Waals surface area contributed by atoms with Crippen molar-refractivity contribution in [3.63, 3.8) is 0 Å². The molecule has 0 aromatic carbocycles. The van der Waals surface area contributed by atoms with E-state index in [1.807, 2.05) is 6.92 Å². The molecule has 1 fully saturated rings. The van der Waals surface area contributed by atoms with Crippen LogP contribution in [-0.4, -0.2) is 55.2 Å². The highest BCUT2D eigenvalue weighted by atomic mass is 32.2. The van der Waals surface area contributed by atoms with E-state index in [1.165, 1.54) is 11.8 Å². The number of aryl methyl sites for hydroxylation is 1. The van der Waals surface area contributed by atoms with E-state index in [4.69, 9.17) is 9.88 Å². The molecule has 0 bridgehead atoms. The summed E-state index contributed by atoms with van der Waals surface area (Å²) >= 11 is 0. The number of sulfonamides is 1. The minimum atomic E-state index is -4.01. The van der Waals surface area contributed by atoms with Crippen LogP contribution in [0.25, 0.3) is 0 Å². The maximum Gasteiger partial charge on any atom is 0.275 e. The molecule has 2 atom stereocenters. The van der Waals surface area contributed by atoms with Gasteiger partial charge in [-0.2, -0.15) is 5.10 Å². The minimum Gasteiger partial charge on any atom is -0.376 e. The lowest BCUT2D eigenvalue weighted by atomic mass is 10.1. The van der Waals surface area contributed by atoms with Crippen molar-refractivity contribution in [2.24, 2.45) is 5.14 Å². The third-order valence-corrected chi connectivity index (χ3v) is 4.60. The van der Waals surface area contributed by atoms with Crippen LogP contribution in [-0.2, 0) is 14.8 Å². The summed E-state index contributed by atoms with van der Waals surface area (Å²) in [5.74, 6) is -0.485. The monoisotopic (exact) mass is 302 g/mol. The molecule has 2 rings (SSSR count). The second kappa shape index (κ2) is 5.15. The normalized spacial score (nSPS) is 23.0. The number of rotatable bonds is 3. The first-order valence-corrected chi connectivity index (χ1v) is 7.74. The van der Waals surface area contributed by atoms with Gasteiger partial charge in [0, 0.05) is 13.7 Å². The molecule has 1 aromatic rings. The molecule has 2 unspecified atom stereocenters. The predicted molar refractivity (Wildman–Crippen MR) is 70.6 cm³/mol. The number of nitrogens with zero attached hydrogens (tertiary/aromatic N) is 2. The lowest BCUT2D eigenvalue weighted by Crippen LogP contribution is -2.41. The van der Waals surface area contributed by atoms with E-state index in [1.54, 1.807) is 7.05 Å². The van der Waals surface area contributed by atoms with Gasteiger partial charge in [0.05, 0.1) is 17.8 Å². The highest BCUT2D eigenvalue weighted by Gasteiger charge is 2.34. The van der Waals surface area contributed by atoms with Gasteiger partial charge in [0.1, 0.15) is 4.90 Å². The Morgan fingerprint density at radius 3 is 2.70 bits per heavy atom. The quantitative estimate of drug-likeness (QED) is 0.788. The Kier molecular flexibility index (Phi) is 3.85. The lowest BCUT2D eigenvalue weighted by Gasteiger charge is -2.26. The number of amides is 1. The van der Waals surface area contributed by atoms with Gasteiger partial charge < -0.3 is 9.64 Å². The highest BCUT2D eigenvalue weighted by molar-refractivity contribution is 7.89. The molecule has 9 heteroatoms. The zero-order valence-electron chi connectivity index (χ0n) is 11.6. The number of aromatic amines is 1. The van der Waals surface area contributed by atoms with Crippen LogP contribution in [0, 0.1) is 6.92 Å². The lowest BCUT2D eigenvalue weighted by molar-refractivity contribution is 0.0566. The first-order valence-electron chi connectivity index (χ1n) is 6.20. The third-order valence-electron chi connectivity index (χ3n) is 3.53. The number of primary sulfonamides is 1. The Labute approximate surface area is 117 Å². The van der Waals surface area contributed by atoms with Crippen LogP contribution in [0.2, 0.25) is 0 Å². The summed E-state index contributed by atoms with van der Waals surface area (Å²) in [7, 11) is -2.40. The molecular weight excluding hydrogens is 284 g/mol. The first kappa shape index (κ1) is 14.9. The Hall–Kier alpha value is -1.45. The SMILES string of the molecule is Cc1[nH]nc(C(=O)N(C)C2CCOC2C)c1S(N)(=O)=O. The largest absolute Gasteiger partial charge is 0.376 e. The molecule has 8 nitrogen and oxygen atoms in total. The van der Waals surface area contributed by atoms with Crippen molar-refractivity contribution < 1.29 is 17.9 Å². The van der Waals surface area contributed by atoms with Crippen molar-refractivity contribution in [1.82, 2.24) is 15.1 Å². The van der Waals surface area contributed by atoms with E-state index in [2.05, 4.69) is 10.2 Å². The van der Waals surface area contributed by atoms with Crippen molar-refractivity contribution in [2.75, 3.05) is 13.7 Å². The van der Waals surface area contributed by atoms with E-state index in [9.17, 15) is 13.2 Å². The fourth-order valence-corrected chi connectivity index (χ4v) is 3.33. The van der Waals surface area contributed by atoms with Gasteiger partial charge in [-0.3, -0.25) is 9.89 Å². The van der Waals surface area contributed by atoms with Crippen LogP contribution in [0.4, 0.5) is 0 Å². The predicted octanol–water partition coefficient (Wildman–Crippen LogP) is -0.385. The summed E-state index contributed by atoms with van der Waals surface area (Å²) in [6, 6.07) is -0.104. The fraction of sp³-hybridized carbons (Fsp3) is 0.636. The molecule has 0 saturated carbocycles. The molecule has 0 aliphatic carbocycles. The van der Waals surface area contributed by atoms with Gasteiger partial charge in [-0.1, -0.05) is 0 Å². The third kappa shape index (κ3) is 2.56. The number of nitrogens with one attached hydrogen (secondary N) is 1. The zero-order chi connectivity index (χ0) is 15.1. The Morgan fingerprint density at radius 2 is 2.20 bits per heavy atom. The number of carbonyl (C=O) groups excluding carboxylic acids is 1. The van der Waals surface area contributed by atoms with Crippen molar-refractivity contribution >= 4 is 15.9 Å². The fourth-order valence-electron chi connectivity index (χ4n) is 2.46. The van der Waals surface area contributed by atoms with Crippen molar-refractivity contribution in [3.05, 3.63) is 11.4 Å². The number of H-pyrrole nitrogens is 1. The summed E-state index contributed by atoms with van der Waals surface area (Å²) < 4.78 is 28.6. The number of nitrogens with two attached hydrogens (primary N) is 1. The van der Waals surface area contributed by atoms with Crippen LogP contribution in [0.1, 0.15) is 29.5 Å². The summed E-state index contributed by atoms with van der Waals surface area (Å²) in [6.45, 7) is 3.95. The molecular formula is C11H18N4O4S. The maximum atomic E-state index is 12.4. The molecule has 0 radical (unpaired) electrons. The molecule has 2 heterocycles. The average Bonchev–Trinajstić information content (AvgIpc) is 2.92. The Morgan fingerprint density at radius 1 is 1.55 bits per heavy atom. The summed E-state index contributed by atoms with van der Waals surface area (Å²) in [5.41, 5.74) is 0.0755. The number of hydrogen-bond donors (Lipinski definition) is 2. The number of aromatic nitrogens is 2. The van der Waals surface area contributed by atoms with Crippen molar-refractivity contribution in [1.29, 1.82) is 0 Å². The molecule has 0 spiro atoms. The van der Waals surface area contributed by atoms with Crippen LogP contribution >= 0.6 is 0 Å². The highest BCUT2D eigenvalue weighted by Crippen LogP contribution is 2.22. The second-order valence-electron chi connectivity index (χ2n) is 4.92. The van der Waals surface area contributed by atoms with E-state index in [0.29, 0.717) is 13.0 Å². The van der Waals surface area contributed by atoms with Crippen LogP contribution in [0.15, 0.2) is 4.90 Å². The maximum absolute atomic E-state index is 12.4. The number of ether oxygens (including phenoxy) is 1. The second-order valence-corrected chi connectivity index (χ2v) is 6.42. The zero-order valence-corrected chi connectivity index (χ0v) is 12.4. The summed E-state index contributed by atoms with van der Waals surface area (Å²) in [6.07, 6.45) is 0.610. The molecule has 112 valence electrons. The van der Waals surface area contributed by atoms with Gasteiger partial charge in [0.15, 0.2) is 5.69 Å². The molecule has 1 aromatic heterocycles. The number of carbonyl (C=O) groups is 1. The van der Waals surface area contributed by atoms with Crippen LogP contribution < -0.4 is 5.14 Å². The first-order chi connectivity index (χ1) is 9.23. The van der Waals surface area contributed by atoms with E-state index in [-0.39, 0.29) is 28.4 Å². The minimum absolute atomic E-state index is 0.0954. The van der Waals surface area contributed by atoms with Gasteiger partial charge >= 0.3 is 0 Å².